The van der Waals surface area contributed by atoms with Crippen LogP contribution in [0.15, 0.2) is 37.7 Å². The lowest BCUT2D eigenvalue weighted by atomic mass is 10.3. The fourth-order valence-electron chi connectivity index (χ4n) is 1.51. The number of para-hydroxylation sites is 1. The zero-order chi connectivity index (χ0) is 14.9. The molecular weight excluding hydrogens is 314 g/mol. The maximum Gasteiger partial charge on any atom is 0.244 e. The minimum atomic E-state index is -3.54. The third-order valence-corrected chi connectivity index (χ3v) is 6.59. The predicted octanol–water partition coefficient (Wildman–Crippen LogP) is 2.44. The third-order valence-electron chi connectivity index (χ3n) is 2.58. The summed E-state index contributed by atoms with van der Waals surface area (Å²) in [5.41, 5.74) is 7.21. The summed E-state index contributed by atoms with van der Waals surface area (Å²) in [7, 11) is -0.569. The van der Waals surface area contributed by atoms with Crippen molar-refractivity contribution in [1.82, 2.24) is 9.29 Å². The molecule has 1 aromatic carbocycles. The summed E-state index contributed by atoms with van der Waals surface area (Å²) in [4.78, 5) is 5.16. The number of nitrogens with zero attached hydrogens (tertiary/aromatic N) is 2. The standard InChI is InChI=1S/C12H15N3O2S3/c1-8-7-18-12(14-8)19-9-5-4-6-10(11(9)13)20(16,17)15(2)3/h4-7H,13H2,1-3H3. The molecule has 0 aliphatic rings. The Morgan fingerprint density at radius 2 is 2.05 bits per heavy atom. The maximum absolute atomic E-state index is 12.2. The Bertz CT molecular complexity index is 723. The van der Waals surface area contributed by atoms with Gasteiger partial charge in [0.05, 0.1) is 5.69 Å². The summed E-state index contributed by atoms with van der Waals surface area (Å²) in [6.07, 6.45) is 0. The van der Waals surface area contributed by atoms with Crippen LogP contribution in [0.5, 0.6) is 0 Å². The Balaban J connectivity index is 2.42. The molecule has 0 amide bonds. The van der Waals surface area contributed by atoms with Gasteiger partial charge in [0.25, 0.3) is 0 Å². The van der Waals surface area contributed by atoms with Crippen molar-refractivity contribution in [1.29, 1.82) is 0 Å². The van der Waals surface area contributed by atoms with Crippen LogP contribution in [0, 0.1) is 6.92 Å². The van der Waals surface area contributed by atoms with Crippen LogP contribution in [0.4, 0.5) is 5.69 Å². The van der Waals surface area contributed by atoms with Crippen molar-refractivity contribution in [2.45, 2.75) is 21.1 Å². The molecule has 5 nitrogen and oxygen atoms in total. The van der Waals surface area contributed by atoms with Gasteiger partial charge in [-0.25, -0.2) is 17.7 Å². The number of thiazole rings is 1. The number of nitrogen functional groups attached to an aromatic ring is 1. The van der Waals surface area contributed by atoms with E-state index in [0.29, 0.717) is 4.90 Å². The van der Waals surface area contributed by atoms with Crippen molar-refractivity contribution >= 4 is 38.8 Å². The van der Waals surface area contributed by atoms with Crippen LogP contribution in [-0.2, 0) is 10.0 Å². The minimum absolute atomic E-state index is 0.126. The molecule has 0 aliphatic heterocycles. The summed E-state index contributed by atoms with van der Waals surface area (Å²) in [6, 6.07) is 5.00. The van der Waals surface area contributed by atoms with Crippen LogP contribution in [-0.4, -0.2) is 31.8 Å². The molecule has 2 rings (SSSR count). The van der Waals surface area contributed by atoms with Crippen molar-refractivity contribution in [2.24, 2.45) is 0 Å². The molecule has 0 bridgehead atoms. The number of benzene rings is 1. The highest BCUT2D eigenvalue weighted by Crippen LogP contribution is 2.37. The number of hydrogen-bond donors (Lipinski definition) is 1. The number of sulfonamides is 1. The van der Waals surface area contributed by atoms with Gasteiger partial charge in [-0.15, -0.1) is 11.3 Å². The van der Waals surface area contributed by atoms with E-state index in [1.165, 1.54) is 43.3 Å². The number of nitrogens with two attached hydrogens (primary N) is 1. The Morgan fingerprint density at radius 1 is 1.35 bits per heavy atom. The second-order valence-electron chi connectivity index (χ2n) is 4.31. The van der Waals surface area contributed by atoms with E-state index in [-0.39, 0.29) is 10.6 Å². The van der Waals surface area contributed by atoms with Crippen LogP contribution in [0.3, 0.4) is 0 Å². The van der Waals surface area contributed by atoms with Crippen molar-refractivity contribution in [3.05, 3.63) is 29.3 Å². The monoisotopic (exact) mass is 329 g/mol. The van der Waals surface area contributed by atoms with Crippen LogP contribution in [0.2, 0.25) is 0 Å². The average Bonchev–Trinajstić information content (AvgIpc) is 2.77. The predicted molar refractivity (Wildman–Crippen MR) is 82.7 cm³/mol. The van der Waals surface area contributed by atoms with E-state index in [1.54, 1.807) is 12.1 Å². The number of anilines is 1. The van der Waals surface area contributed by atoms with Gasteiger partial charge < -0.3 is 5.73 Å². The molecule has 2 N–H and O–H groups in total. The second kappa shape index (κ2) is 5.72. The van der Waals surface area contributed by atoms with Gasteiger partial charge >= 0.3 is 0 Å². The smallest absolute Gasteiger partial charge is 0.244 e. The molecule has 108 valence electrons. The SMILES string of the molecule is Cc1csc(Sc2cccc(S(=O)(=O)N(C)C)c2N)n1. The summed E-state index contributed by atoms with van der Waals surface area (Å²) in [6.45, 7) is 1.91. The van der Waals surface area contributed by atoms with E-state index in [9.17, 15) is 8.42 Å². The molecule has 20 heavy (non-hydrogen) atoms. The summed E-state index contributed by atoms with van der Waals surface area (Å²) in [5, 5.41) is 1.94. The first-order chi connectivity index (χ1) is 9.32. The highest BCUT2D eigenvalue weighted by atomic mass is 32.2. The molecule has 1 heterocycles. The van der Waals surface area contributed by atoms with Crippen LogP contribution in [0.25, 0.3) is 0 Å². The Kier molecular flexibility index (Phi) is 4.38. The number of hydrogen-bond acceptors (Lipinski definition) is 6. The van der Waals surface area contributed by atoms with Gasteiger partial charge in [0.2, 0.25) is 10.0 Å². The average molecular weight is 329 g/mol. The molecule has 1 aromatic heterocycles. The van der Waals surface area contributed by atoms with Gasteiger partial charge in [0.15, 0.2) is 4.34 Å². The first-order valence-electron chi connectivity index (χ1n) is 5.73. The fraction of sp³-hybridized carbons (Fsp3) is 0.250. The lowest BCUT2D eigenvalue weighted by Gasteiger charge is -2.14. The fourth-order valence-corrected chi connectivity index (χ4v) is 4.48. The van der Waals surface area contributed by atoms with Crippen molar-refractivity contribution in [3.8, 4) is 0 Å². The highest BCUT2D eigenvalue weighted by molar-refractivity contribution is 8.01. The van der Waals surface area contributed by atoms with Gasteiger partial charge in [-0.1, -0.05) is 17.8 Å². The summed E-state index contributed by atoms with van der Waals surface area (Å²) < 4.78 is 26.4. The van der Waals surface area contributed by atoms with Gasteiger partial charge in [-0.2, -0.15) is 0 Å². The van der Waals surface area contributed by atoms with Crippen LogP contribution in [0.1, 0.15) is 5.69 Å². The van der Waals surface area contributed by atoms with E-state index in [0.717, 1.165) is 14.3 Å². The third kappa shape index (κ3) is 2.98. The zero-order valence-corrected chi connectivity index (χ0v) is 13.8. The largest absolute Gasteiger partial charge is 0.397 e. The number of aryl methyl sites for hydroxylation is 1. The van der Waals surface area contributed by atoms with Gasteiger partial charge in [0, 0.05) is 30.1 Å². The maximum atomic E-state index is 12.2. The topological polar surface area (TPSA) is 76.3 Å². The molecule has 0 aliphatic carbocycles. The van der Waals surface area contributed by atoms with Crippen LogP contribution >= 0.6 is 23.1 Å². The normalized spacial score (nSPS) is 12.0. The number of aromatic nitrogens is 1. The summed E-state index contributed by atoms with van der Waals surface area (Å²) in [5.74, 6) is 0. The summed E-state index contributed by atoms with van der Waals surface area (Å²) >= 11 is 2.89. The van der Waals surface area contributed by atoms with E-state index < -0.39 is 10.0 Å². The lowest BCUT2D eigenvalue weighted by Crippen LogP contribution is -2.23. The minimum Gasteiger partial charge on any atom is -0.397 e. The Morgan fingerprint density at radius 3 is 2.60 bits per heavy atom. The molecule has 2 aromatic rings. The second-order valence-corrected chi connectivity index (χ2v) is 8.58. The lowest BCUT2D eigenvalue weighted by molar-refractivity contribution is 0.521. The van der Waals surface area contributed by atoms with E-state index >= 15 is 0 Å². The quantitative estimate of drug-likeness (QED) is 0.872. The molecule has 0 fully saturated rings. The van der Waals surface area contributed by atoms with Crippen molar-refractivity contribution < 1.29 is 8.42 Å². The van der Waals surface area contributed by atoms with E-state index in [4.69, 9.17) is 5.73 Å². The van der Waals surface area contributed by atoms with Gasteiger partial charge in [-0.05, 0) is 19.1 Å². The molecule has 0 unspecified atom stereocenters. The molecule has 0 atom stereocenters. The first-order valence-corrected chi connectivity index (χ1v) is 8.87. The molecule has 0 saturated carbocycles. The van der Waals surface area contributed by atoms with Crippen LogP contribution < -0.4 is 5.73 Å². The number of rotatable bonds is 4. The molecule has 0 radical (unpaired) electrons. The van der Waals surface area contributed by atoms with E-state index in [2.05, 4.69) is 4.98 Å². The molecule has 8 heteroatoms. The molecule has 0 saturated heterocycles. The highest BCUT2D eigenvalue weighted by Gasteiger charge is 2.22. The van der Waals surface area contributed by atoms with Gasteiger partial charge in [-0.3, -0.25) is 0 Å². The Hall–Kier alpha value is -1.09. The van der Waals surface area contributed by atoms with Gasteiger partial charge in [0.1, 0.15) is 4.90 Å². The zero-order valence-electron chi connectivity index (χ0n) is 11.3. The van der Waals surface area contributed by atoms with Crippen molar-refractivity contribution in [3.63, 3.8) is 0 Å². The molecule has 0 spiro atoms. The first kappa shape index (κ1) is 15.3. The molecular formula is C12H15N3O2S3. The van der Waals surface area contributed by atoms with Crippen molar-refractivity contribution in [2.75, 3.05) is 19.8 Å². The van der Waals surface area contributed by atoms with E-state index in [1.807, 2.05) is 12.3 Å². The Labute approximate surface area is 126 Å².